The topological polar surface area (TPSA) is 29.5 Å². The average molecular weight is 283 g/mol. The van der Waals surface area contributed by atoms with Crippen LogP contribution in [0.4, 0.5) is 8.78 Å². The molecule has 1 saturated heterocycles. The molecule has 0 aliphatic carbocycles. The van der Waals surface area contributed by atoms with Crippen molar-refractivity contribution in [1.29, 1.82) is 0 Å². The van der Waals surface area contributed by atoms with E-state index < -0.39 is 11.6 Å². The second kappa shape index (κ2) is 6.79. The maximum absolute atomic E-state index is 13.8. The third-order valence-electron chi connectivity index (χ3n) is 3.60. The van der Waals surface area contributed by atoms with Crippen molar-refractivity contribution in [3.8, 4) is 0 Å². The van der Waals surface area contributed by atoms with Gasteiger partial charge >= 0.3 is 0 Å². The number of amides is 1. The van der Waals surface area contributed by atoms with Gasteiger partial charge in [0.05, 0.1) is 0 Å². The lowest BCUT2D eigenvalue weighted by Crippen LogP contribution is -2.41. The first-order valence-corrected chi connectivity index (χ1v) is 6.92. The van der Waals surface area contributed by atoms with Crippen LogP contribution in [0.2, 0.25) is 0 Å². The highest BCUT2D eigenvalue weighted by molar-refractivity contribution is 5.77. The van der Waals surface area contributed by atoms with Gasteiger partial charge in [0.25, 0.3) is 0 Å². The van der Waals surface area contributed by atoms with E-state index >= 15 is 0 Å². The van der Waals surface area contributed by atoms with Crippen molar-refractivity contribution in [3.63, 3.8) is 0 Å². The van der Waals surface area contributed by atoms with Crippen LogP contribution in [0.15, 0.2) is 18.2 Å². The SMILES string of the molecule is CCOCC(=O)N1CCC[C@H](c2cc(F)ccc2F)C1. The van der Waals surface area contributed by atoms with E-state index in [1.54, 1.807) is 4.90 Å². The maximum Gasteiger partial charge on any atom is 0.248 e. The smallest absolute Gasteiger partial charge is 0.248 e. The number of benzene rings is 1. The summed E-state index contributed by atoms with van der Waals surface area (Å²) in [6.45, 7) is 3.44. The van der Waals surface area contributed by atoms with Gasteiger partial charge in [0.2, 0.25) is 5.91 Å². The summed E-state index contributed by atoms with van der Waals surface area (Å²) in [6, 6.07) is 3.49. The van der Waals surface area contributed by atoms with Gasteiger partial charge in [-0.25, -0.2) is 8.78 Å². The van der Waals surface area contributed by atoms with Gasteiger partial charge < -0.3 is 9.64 Å². The number of nitrogens with zero attached hydrogens (tertiary/aromatic N) is 1. The van der Waals surface area contributed by atoms with Crippen molar-refractivity contribution in [3.05, 3.63) is 35.4 Å². The van der Waals surface area contributed by atoms with Crippen LogP contribution in [-0.2, 0) is 9.53 Å². The summed E-state index contributed by atoms with van der Waals surface area (Å²) in [5, 5.41) is 0. The predicted molar refractivity (Wildman–Crippen MR) is 71.4 cm³/mol. The molecule has 1 aliphatic heterocycles. The number of hydrogen-bond donors (Lipinski definition) is 0. The number of hydrogen-bond acceptors (Lipinski definition) is 2. The molecule has 110 valence electrons. The van der Waals surface area contributed by atoms with E-state index in [9.17, 15) is 13.6 Å². The fraction of sp³-hybridized carbons (Fsp3) is 0.533. The van der Waals surface area contributed by atoms with E-state index in [1.807, 2.05) is 6.92 Å². The van der Waals surface area contributed by atoms with Gasteiger partial charge in [-0.05, 0) is 43.5 Å². The lowest BCUT2D eigenvalue weighted by atomic mass is 9.90. The summed E-state index contributed by atoms with van der Waals surface area (Å²) in [5.74, 6) is -1.09. The number of carbonyl (C=O) groups is 1. The quantitative estimate of drug-likeness (QED) is 0.850. The summed E-state index contributed by atoms with van der Waals surface area (Å²) in [6.07, 6.45) is 1.55. The normalized spacial score (nSPS) is 19.1. The van der Waals surface area contributed by atoms with Gasteiger partial charge in [-0.1, -0.05) is 0 Å². The van der Waals surface area contributed by atoms with Crippen LogP contribution in [0.5, 0.6) is 0 Å². The third-order valence-corrected chi connectivity index (χ3v) is 3.60. The third kappa shape index (κ3) is 3.54. The number of ether oxygens (including phenoxy) is 1. The molecule has 1 aliphatic rings. The standard InChI is InChI=1S/C15H19F2NO2/c1-2-20-10-15(19)18-7-3-4-11(9-18)13-8-12(16)5-6-14(13)17/h5-6,8,11H,2-4,7,9-10H2,1H3/t11-/m0/s1. The molecular weight excluding hydrogens is 264 g/mol. The fourth-order valence-electron chi connectivity index (χ4n) is 2.57. The van der Waals surface area contributed by atoms with Crippen molar-refractivity contribution < 1.29 is 18.3 Å². The molecule has 0 spiro atoms. The maximum atomic E-state index is 13.8. The Morgan fingerprint density at radius 3 is 3.00 bits per heavy atom. The fourth-order valence-corrected chi connectivity index (χ4v) is 2.57. The van der Waals surface area contributed by atoms with Gasteiger partial charge in [0, 0.05) is 25.6 Å². The van der Waals surface area contributed by atoms with Gasteiger partial charge in [-0.2, -0.15) is 0 Å². The molecule has 1 heterocycles. The van der Waals surface area contributed by atoms with Crippen LogP contribution in [0.3, 0.4) is 0 Å². The molecule has 1 atom stereocenters. The van der Waals surface area contributed by atoms with Crippen LogP contribution in [0, 0.1) is 11.6 Å². The molecule has 1 aromatic rings. The Morgan fingerprint density at radius 2 is 2.25 bits per heavy atom. The van der Waals surface area contributed by atoms with E-state index in [4.69, 9.17) is 4.74 Å². The van der Waals surface area contributed by atoms with Crippen LogP contribution >= 0.6 is 0 Å². The summed E-state index contributed by atoms with van der Waals surface area (Å²) in [7, 11) is 0. The molecular formula is C15H19F2NO2. The summed E-state index contributed by atoms with van der Waals surface area (Å²) in [5.41, 5.74) is 0.360. The van der Waals surface area contributed by atoms with E-state index in [1.165, 1.54) is 6.07 Å². The molecule has 5 heteroatoms. The van der Waals surface area contributed by atoms with Gasteiger partial charge in [0.1, 0.15) is 18.2 Å². The van der Waals surface area contributed by atoms with Crippen molar-refractivity contribution in [2.45, 2.75) is 25.7 Å². The van der Waals surface area contributed by atoms with Crippen molar-refractivity contribution in [2.24, 2.45) is 0 Å². The summed E-state index contributed by atoms with van der Waals surface area (Å²) < 4.78 is 32.2. The minimum absolute atomic E-state index is 0.0504. The number of carbonyl (C=O) groups excluding carboxylic acids is 1. The Kier molecular flexibility index (Phi) is 5.06. The van der Waals surface area contributed by atoms with E-state index in [0.717, 1.165) is 25.0 Å². The Labute approximate surface area is 117 Å². The molecule has 20 heavy (non-hydrogen) atoms. The number of likely N-dealkylation sites (tertiary alicyclic amines) is 1. The van der Waals surface area contributed by atoms with E-state index in [-0.39, 0.29) is 18.4 Å². The van der Waals surface area contributed by atoms with Gasteiger partial charge in [0.15, 0.2) is 0 Å². The first kappa shape index (κ1) is 14.9. The molecule has 0 unspecified atom stereocenters. The van der Waals surface area contributed by atoms with Crippen LogP contribution in [-0.4, -0.2) is 37.1 Å². The molecule has 2 rings (SSSR count). The Balaban J connectivity index is 2.06. The molecule has 1 aromatic carbocycles. The Morgan fingerprint density at radius 1 is 1.45 bits per heavy atom. The zero-order valence-corrected chi connectivity index (χ0v) is 11.6. The molecule has 0 saturated carbocycles. The molecule has 0 N–H and O–H groups in total. The molecule has 0 bridgehead atoms. The highest BCUT2D eigenvalue weighted by Crippen LogP contribution is 2.29. The zero-order chi connectivity index (χ0) is 14.5. The number of rotatable bonds is 4. The molecule has 1 amide bonds. The minimum atomic E-state index is -0.445. The van der Waals surface area contributed by atoms with Gasteiger partial charge in [-0.3, -0.25) is 4.79 Å². The Hall–Kier alpha value is -1.49. The average Bonchev–Trinajstić information content (AvgIpc) is 2.47. The van der Waals surface area contributed by atoms with Crippen molar-refractivity contribution >= 4 is 5.91 Å². The second-order valence-corrected chi connectivity index (χ2v) is 4.98. The summed E-state index contributed by atoms with van der Waals surface area (Å²) >= 11 is 0. The lowest BCUT2D eigenvalue weighted by Gasteiger charge is -2.33. The van der Waals surface area contributed by atoms with Crippen LogP contribution in [0.1, 0.15) is 31.2 Å². The molecule has 1 fully saturated rings. The lowest BCUT2D eigenvalue weighted by molar-refractivity contribution is -0.137. The molecule has 0 aromatic heterocycles. The largest absolute Gasteiger partial charge is 0.372 e. The Bertz CT molecular complexity index is 479. The number of halogens is 2. The monoisotopic (exact) mass is 283 g/mol. The predicted octanol–water partition coefficient (Wildman–Crippen LogP) is 2.71. The van der Waals surface area contributed by atoms with Crippen LogP contribution < -0.4 is 0 Å². The minimum Gasteiger partial charge on any atom is -0.372 e. The first-order valence-electron chi connectivity index (χ1n) is 6.92. The number of piperidine rings is 1. The summed E-state index contributed by atoms with van der Waals surface area (Å²) in [4.78, 5) is 13.6. The van der Waals surface area contributed by atoms with Crippen molar-refractivity contribution in [1.82, 2.24) is 4.90 Å². The zero-order valence-electron chi connectivity index (χ0n) is 11.6. The molecule has 0 radical (unpaired) electrons. The second-order valence-electron chi connectivity index (χ2n) is 4.98. The van der Waals surface area contributed by atoms with Crippen LogP contribution in [0.25, 0.3) is 0 Å². The first-order chi connectivity index (χ1) is 9.61. The van der Waals surface area contributed by atoms with Crippen molar-refractivity contribution in [2.75, 3.05) is 26.3 Å². The van der Waals surface area contributed by atoms with E-state index in [2.05, 4.69) is 0 Å². The highest BCUT2D eigenvalue weighted by atomic mass is 19.1. The molecule has 3 nitrogen and oxygen atoms in total. The highest BCUT2D eigenvalue weighted by Gasteiger charge is 2.26. The van der Waals surface area contributed by atoms with Gasteiger partial charge in [-0.15, -0.1) is 0 Å². The van der Waals surface area contributed by atoms with E-state index in [0.29, 0.717) is 25.3 Å².